The average Bonchev–Trinajstić information content (AvgIpc) is 1.93. The van der Waals surface area contributed by atoms with Crippen LogP contribution in [-0.2, 0) is 94.0 Å². The molecule has 5 aromatic rings. The quantitative estimate of drug-likeness (QED) is 0.0272. The molecule has 2 N–H and O–H groups in total. The number of hydrogen-bond donors (Lipinski definition) is 2. The zero-order valence-corrected chi connectivity index (χ0v) is 52.1. The summed E-state index contributed by atoms with van der Waals surface area (Å²) in [5.41, 5.74) is 9.31. The predicted molar refractivity (Wildman–Crippen MR) is 323 cm³/mol. The maximum Gasteiger partial charge on any atom is 0.258 e. The first-order valence-corrected chi connectivity index (χ1v) is 29.9. The molecule has 6 amide bonds. The van der Waals surface area contributed by atoms with Crippen molar-refractivity contribution in [3.63, 3.8) is 0 Å². The number of rotatable bonds is 23. The van der Waals surface area contributed by atoms with Crippen LogP contribution in [0.3, 0.4) is 0 Å². The van der Waals surface area contributed by atoms with Gasteiger partial charge in [-0.2, -0.15) is 11.8 Å². The van der Waals surface area contributed by atoms with E-state index in [9.17, 15) is 38.4 Å². The normalized spacial score (nSPS) is 17.9. The van der Waals surface area contributed by atoms with Crippen LogP contribution >= 0.6 is 11.8 Å². The third-order valence-electron chi connectivity index (χ3n) is 16.4. The molecule has 0 aliphatic carbocycles. The van der Waals surface area contributed by atoms with Crippen LogP contribution in [0.25, 0.3) is 0 Å². The molecule has 10 rings (SSSR count). The molecule has 19 heteroatoms. The largest absolute Gasteiger partial charge is 0.493 e. The van der Waals surface area contributed by atoms with Crippen molar-refractivity contribution in [3.05, 3.63) is 136 Å². The number of carbonyl (C=O) groups excluding carboxylic acids is 8. The van der Waals surface area contributed by atoms with Crippen molar-refractivity contribution >= 4 is 87.7 Å². The Morgan fingerprint density at radius 3 is 2.09 bits per heavy atom. The second-order valence-corrected chi connectivity index (χ2v) is 23.4. The van der Waals surface area contributed by atoms with E-state index in [1.165, 1.54) is 29.3 Å². The molecule has 1 radical (unpaired) electrons. The molecule has 0 saturated carbocycles. The van der Waals surface area contributed by atoms with Crippen LogP contribution in [-0.4, -0.2) is 113 Å². The molecule has 1 saturated heterocycles. The Balaban J connectivity index is 0.00000470. The second-order valence-electron chi connectivity index (χ2n) is 22.3. The summed E-state index contributed by atoms with van der Waals surface area (Å²) in [4.78, 5) is 111. The van der Waals surface area contributed by atoms with E-state index < -0.39 is 17.9 Å². The van der Waals surface area contributed by atoms with Gasteiger partial charge in [-0.25, -0.2) is 0 Å². The molecule has 17 nitrogen and oxygen atoms in total. The Kier molecular flexibility index (Phi) is 21.1. The minimum Gasteiger partial charge on any atom is -0.493 e. The van der Waals surface area contributed by atoms with E-state index in [1.807, 2.05) is 84.1 Å². The summed E-state index contributed by atoms with van der Waals surface area (Å²) in [6.45, 7) is 5.50. The number of nitrogens with one attached hydrogen (secondary N) is 2. The minimum atomic E-state index is -0.860. The summed E-state index contributed by atoms with van der Waals surface area (Å²) in [7, 11) is 3.38. The van der Waals surface area contributed by atoms with E-state index in [0.717, 1.165) is 40.9 Å². The van der Waals surface area contributed by atoms with Crippen LogP contribution in [0, 0.1) is 12.8 Å². The molecule has 85 heavy (non-hydrogen) atoms. The second kappa shape index (κ2) is 28.0. The number of thioether (sulfide) groups is 1. The van der Waals surface area contributed by atoms with Gasteiger partial charge >= 0.3 is 0 Å². The van der Waals surface area contributed by atoms with Gasteiger partial charge in [-0.3, -0.25) is 43.3 Å². The first kappa shape index (κ1) is 64.0. The van der Waals surface area contributed by atoms with Crippen LogP contribution in [0.15, 0.2) is 91.0 Å². The number of nitrogens with zero attached hydrogens (tertiary/aromatic N) is 4. The molecule has 1 fully saturated rings. The number of imide groups is 1. The molecule has 0 bridgehead atoms. The minimum absolute atomic E-state index is 0. The number of aryl methyl sites for hydroxylation is 2. The monoisotopic (exact) mass is 1250 g/mol. The SMILES string of the molecule is C.COc1cc2c(cc1OCc1cc(COc3cc4c(cc3C)C(=O)N3c5ccccc5C[C@H]3CC4)cc(NC(=O)[C@H](C)CC(=O)[C@H](C)NC(=O)CCCCC(=O)CCCN3C(=O)CC(SC)C3=O)c1)[N+](C)=[C-][C@@H]1Cc3ccccc3N1C2=O.[Y]. The number of hydrogen-bond acceptors (Lipinski definition) is 12. The maximum absolute atomic E-state index is 14.3. The Bertz CT molecular complexity index is 3480. The summed E-state index contributed by atoms with van der Waals surface area (Å²) in [5.74, 6) is -1.09. The number of unbranched alkanes of at least 4 members (excludes halogenated alkanes) is 1. The number of fused-ring (bicyclic) bond motifs is 8. The number of likely N-dealkylation sites (tertiary alicyclic amines) is 1. The van der Waals surface area contributed by atoms with Crippen molar-refractivity contribution < 1.29 is 89.9 Å². The van der Waals surface area contributed by atoms with Crippen LogP contribution in [0.1, 0.15) is 133 Å². The van der Waals surface area contributed by atoms with Crippen molar-refractivity contribution in [2.75, 3.05) is 42.1 Å². The summed E-state index contributed by atoms with van der Waals surface area (Å²) in [6, 6.07) is 27.8. The Morgan fingerprint density at radius 2 is 1.40 bits per heavy atom. The zero-order valence-electron chi connectivity index (χ0n) is 48.4. The smallest absolute Gasteiger partial charge is 0.258 e. The maximum atomic E-state index is 14.3. The number of carbonyl (C=O) groups is 8. The number of ether oxygens (including phenoxy) is 3. The van der Waals surface area contributed by atoms with Gasteiger partial charge in [0.1, 0.15) is 37.5 Å². The number of methoxy groups -OCH3 is 1. The van der Waals surface area contributed by atoms with Gasteiger partial charge < -0.3 is 39.2 Å². The number of para-hydroxylation sites is 2. The van der Waals surface area contributed by atoms with Crippen molar-refractivity contribution in [2.24, 2.45) is 5.92 Å². The van der Waals surface area contributed by atoms with Crippen molar-refractivity contribution in [1.29, 1.82) is 0 Å². The third kappa shape index (κ3) is 14.1. The fraction of sp³-hybridized carbons (Fsp3) is 0.409. The zero-order chi connectivity index (χ0) is 58.6. The average molecular weight is 1250 g/mol. The van der Waals surface area contributed by atoms with Gasteiger partial charge in [-0.15, -0.1) is 0 Å². The van der Waals surface area contributed by atoms with Gasteiger partial charge in [0.15, 0.2) is 11.5 Å². The van der Waals surface area contributed by atoms with Crippen LogP contribution in [0.4, 0.5) is 22.7 Å². The molecule has 443 valence electrons. The van der Waals surface area contributed by atoms with E-state index in [1.54, 1.807) is 49.3 Å². The fourth-order valence-electron chi connectivity index (χ4n) is 11.9. The van der Waals surface area contributed by atoms with Gasteiger partial charge in [0.25, 0.3) is 5.91 Å². The third-order valence-corrected chi connectivity index (χ3v) is 17.4. The van der Waals surface area contributed by atoms with Crippen LogP contribution in [0.5, 0.6) is 17.2 Å². The molecule has 5 atom stereocenters. The van der Waals surface area contributed by atoms with E-state index in [0.29, 0.717) is 83.0 Å². The summed E-state index contributed by atoms with van der Waals surface area (Å²) < 4.78 is 20.7. The molecule has 0 aromatic heterocycles. The number of anilines is 3. The van der Waals surface area contributed by atoms with Gasteiger partial charge in [-0.1, -0.05) is 50.7 Å². The Hall–Kier alpha value is -7.02. The van der Waals surface area contributed by atoms with E-state index >= 15 is 0 Å². The van der Waals surface area contributed by atoms with Gasteiger partial charge in [-0.05, 0) is 153 Å². The predicted octanol–water partition coefficient (Wildman–Crippen LogP) is 9.56. The first-order valence-electron chi connectivity index (χ1n) is 28.6. The van der Waals surface area contributed by atoms with Crippen LogP contribution in [0.2, 0.25) is 0 Å². The molecular formula is C66H74N6O11SY. The molecule has 5 aromatic carbocycles. The fourth-order valence-corrected chi connectivity index (χ4v) is 12.6. The van der Waals surface area contributed by atoms with Crippen molar-refractivity contribution in [3.8, 4) is 17.2 Å². The Labute approximate surface area is 526 Å². The molecule has 5 heterocycles. The van der Waals surface area contributed by atoms with Crippen molar-refractivity contribution in [2.45, 2.75) is 142 Å². The summed E-state index contributed by atoms with van der Waals surface area (Å²) in [6.07, 6.45) is 10.2. The molecule has 5 aliphatic heterocycles. The number of benzene rings is 5. The summed E-state index contributed by atoms with van der Waals surface area (Å²) >= 11 is 1.35. The van der Waals surface area contributed by atoms with Gasteiger partial charge in [0, 0.05) is 124 Å². The van der Waals surface area contributed by atoms with E-state index in [2.05, 4.69) is 22.9 Å². The van der Waals surface area contributed by atoms with Gasteiger partial charge in [0.05, 0.1) is 24.1 Å². The van der Waals surface area contributed by atoms with Crippen molar-refractivity contribution in [1.82, 2.24) is 10.2 Å². The molecule has 5 aliphatic rings. The van der Waals surface area contributed by atoms with E-state index in [-0.39, 0.29) is 150 Å². The summed E-state index contributed by atoms with van der Waals surface area (Å²) in [5, 5.41) is 5.39. The Morgan fingerprint density at radius 1 is 0.753 bits per heavy atom. The van der Waals surface area contributed by atoms with Gasteiger partial charge in [0.2, 0.25) is 29.5 Å². The number of Topliss-reactive ketones (excluding diaryl/α,β-unsaturated/α-hetero) is 2. The molecular weight excluding hydrogens is 1170 g/mol. The topological polar surface area (TPSA) is 201 Å². The number of ketones is 2. The van der Waals surface area contributed by atoms with E-state index in [4.69, 9.17) is 14.2 Å². The molecule has 1 unspecified atom stereocenters. The first-order chi connectivity index (χ1) is 40.0. The molecule has 0 spiro atoms. The standard InChI is InChI=1S/C65H70N6O11S.CH4.Y/c1-38-24-50-43(21-22-47-29-44-14-7-10-18-52(44)70(47)63(50)77)31-56(38)81-36-41-26-42(37-82-58-33-54-51(32-57(58)80-5)64(78)71-48(35-68(54)4)30-45-15-8-11-19-53(45)71)28-46(27-41)67-62(76)39(2)25-55(73)40(3)66-60(74)20-12-9-16-49(72)17-13-23-69-61(75)34-59(83-6)65(69)79;;/h7-8,10-11,14-15,18-19,24,26-28,31-33,39-40,47-48,59H,9,12-13,16-17,20-23,25,29-30,34,36-37H2,1-6H3,(H,66,74)(H,67,76);1H4;/t39-,40+,47-,48+,59?;;/m1../s1. The number of amides is 6. The van der Waals surface area contributed by atoms with Crippen LogP contribution < -0.4 is 34.6 Å².